The predicted molar refractivity (Wildman–Crippen MR) is 183 cm³/mol. The SMILES string of the molecule is C[Se]c1ccc(N(C(=O)CSC2=C(C)C(=O)c3ccccc3C2=O)C(C(=O)Nc2ccccc2)c2ncc3ccccc3n2)cc1. The molecule has 0 fully saturated rings. The van der Waals surface area contributed by atoms with Crippen molar-refractivity contribution in [3.63, 3.8) is 0 Å². The third kappa shape index (κ3) is 6.28. The Kier molecular flexibility index (Phi) is 9.21. The number of para-hydroxylation sites is 2. The minimum atomic E-state index is -1.25. The number of carbonyl (C=O) groups excluding carboxylic acids is 4. The van der Waals surface area contributed by atoms with E-state index in [0.717, 1.165) is 21.6 Å². The van der Waals surface area contributed by atoms with E-state index < -0.39 is 17.9 Å². The number of anilines is 2. The van der Waals surface area contributed by atoms with Gasteiger partial charge in [0.05, 0.1) is 0 Å². The molecule has 1 aliphatic rings. The van der Waals surface area contributed by atoms with Crippen molar-refractivity contribution in [2.24, 2.45) is 0 Å². The maximum absolute atomic E-state index is 14.4. The van der Waals surface area contributed by atoms with Gasteiger partial charge in [0, 0.05) is 0 Å². The van der Waals surface area contributed by atoms with Crippen LogP contribution in [-0.2, 0) is 9.59 Å². The number of thioether (sulfide) groups is 1. The molecule has 46 heavy (non-hydrogen) atoms. The number of Topliss-reactive ketones (excluding diaryl/α,β-unsaturated/α-hetero) is 2. The molecule has 2 amide bonds. The summed E-state index contributed by atoms with van der Waals surface area (Å²) in [6.07, 6.45) is 1.64. The number of carbonyl (C=O) groups is 4. The van der Waals surface area contributed by atoms with E-state index in [-0.39, 0.29) is 43.0 Å². The first kappa shape index (κ1) is 31.1. The quantitative estimate of drug-likeness (QED) is 0.195. The topological polar surface area (TPSA) is 109 Å². The van der Waals surface area contributed by atoms with Crippen LogP contribution in [0.5, 0.6) is 0 Å². The van der Waals surface area contributed by atoms with Crippen molar-refractivity contribution in [1.29, 1.82) is 0 Å². The van der Waals surface area contributed by atoms with Gasteiger partial charge >= 0.3 is 259 Å². The first-order valence-electron chi connectivity index (χ1n) is 14.4. The van der Waals surface area contributed by atoms with Crippen molar-refractivity contribution in [3.05, 3.63) is 137 Å². The van der Waals surface area contributed by atoms with Gasteiger partial charge in [-0.25, -0.2) is 0 Å². The van der Waals surface area contributed by atoms with Crippen molar-refractivity contribution in [1.82, 2.24) is 9.97 Å². The van der Waals surface area contributed by atoms with E-state index in [1.807, 2.05) is 54.6 Å². The molecule has 10 heteroatoms. The molecule has 228 valence electrons. The second-order valence-electron chi connectivity index (χ2n) is 10.5. The molecule has 1 aliphatic carbocycles. The molecule has 1 heterocycles. The number of fused-ring (bicyclic) bond motifs is 2. The van der Waals surface area contributed by atoms with Crippen LogP contribution in [-0.4, -0.2) is 54.1 Å². The Bertz CT molecular complexity index is 2010. The van der Waals surface area contributed by atoms with Gasteiger partial charge in [0.25, 0.3) is 0 Å². The number of amides is 2. The number of benzene rings is 4. The summed E-state index contributed by atoms with van der Waals surface area (Å²) in [6.45, 7) is 1.60. The molecule has 0 bridgehead atoms. The van der Waals surface area contributed by atoms with Gasteiger partial charge in [-0.3, -0.25) is 0 Å². The number of rotatable bonds is 9. The molecule has 4 aromatic carbocycles. The summed E-state index contributed by atoms with van der Waals surface area (Å²) in [5.74, 6) is 0.517. The van der Waals surface area contributed by atoms with Gasteiger partial charge in [0.15, 0.2) is 0 Å². The van der Waals surface area contributed by atoms with Crippen molar-refractivity contribution in [2.45, 2.75) is 18.8 Å². The number of aromatic nitrogens is 2. The van der Waals surface area contributed by atoms with E-state index in [1.54, 1.807) is 61.7 Å². The van der Waals surface area contributed by atoms with Crippen molar-refractivity contribution >= 4 is 76.8 Å². The molecule has 1 aromatic heterocycles. The average Bonchev–Trinajstić information content (AvgIpc) is 3.09. The fraction of sp³-hybridized carbons (Fsp3) is 0.111. The number of nitrogens with zero attached hydrogens (tertiary/aromatic N) is 3. The van der Waals surface area contributed by atoms with E-state index in [1.165, 1.54) is 4.90 Å². The number of allylic oxidation sites excluding steroid dienone is 2. The number of hydrogen-bond acceptors (Lipinski definition) is 7. The Morgan fingerprint density at radius 1 is 0.848 bits per heavy atom. The van der Waals surface area contributed by atoms with Gasteiger partial charge in [-0.05, 0) is 0 Å². The number of nitrogens with one attached hydrogen (secondary N) is 1. The average molecular weight is 692 g/mol. The van der Waals surface area contributed by atoms with Gasteiger partial charge < -0.3 is 0 Å². The van der Waals surface area contributed by atoms with E-state index in [9.17, 15) is 19.2 Å². The molecule has 8 nitrogen and oxygen atoms in total. The monoisotopic (exact) mass is 692 g/mol. The third-order valence-corrected chi connectivity index (χ3v) is 10.3. The fourth-order valence-corrected chi connectivity index (χ4v) is 7.05. The summed E-state index contributed by atoms with van der Waals surface area (Å²) < 4.78 is 1.12. The Morgan fingerprint density at radius 3 is 2.22 bits per heavy atom. The first-order valence-corrected chi connectivity index (χ1v) is 18.0. The predicted octanol–water partition coefficient (Wildman–Crippen LogP) is 5.81. The van der Waals surface area contributed by atoms with E-state index >= 15 is 0 Å². The van der Waals surface area contributed by atoms with Crippen LogP contribution in [0.25, 0.3) is 10.9 Å². The standard InChI is InChI=1S/C36H28N4O4SSe/c1-22-32(42)27-13-7-8-14-28(27)33(43)34(22)45-21-30(41)40(25-16-18-26(46-2)19-17-25)31(36(44)38-24-11-4-3-5-12-24)35-37-20-23-10-6-9-15-29(23)39-35/h3-20,31H,21H2,1-2H3,(H,38,44). The molecule has 1 unspecified atom stereocenters. The summed E-state index contributed by atoms with van der Waals surface area (Å²) >= 11 is 1.22. The van der Waals surface area contributed by atoms with Crippen LogP contribution in [0.1, 0.15) is 39.5 Å². The van der Waals surface area contributed by atoms with Crippen LogP contribution in [0.3, 0.4) is 0 Å². The molecular formula is C36H28N4O4SSe. The molecule has 0 aliphatic heterocycles. The molecule has 6 rings (SSSR count). The normalized spacial score (nSPS) is 13.3. The van der Waals surface area contributed by atoms with E-state index in [0.29, 0.717) is 33.6 Å². The van der Waals surface area contributed by atoms with E-state index in [2.05, 4.69) is 16.1 Å². The Hall–Kier alpha value is -4.89. The van der Waals surface area contributed by atoms with Crippen LogP contribution in [0, 0.1) is 0 Å². The fourth-order valence-electron chi connectivity index (χ4n) is 5.23. The third-order valence-electron chi connectivity index (χ3n) is 7.56. The van der Waals surface area contributed by atoms with Crippen LogP contribution < -0.4 is 14.7 Å². The molecule has 0 radical (unpaired) electrons. The van der Waals surface area contributed by atoms with Crippen molar-refractivity contribution in [3.8, 4) is 0 Å². The Labute approximate surface area is 276 Å². The molecule has 0 spiro atoms. The first-order chi connectivity index (χ1) is 22.4. The second-order valence-corrected chi connectivity index (χ2v) is 13.3. The summed E-state index contributed by atoms with van der Waals surface area (Å²) in [5, 5.41) is 3.72. The molecule has 0 saturated heterocycles. The zero-order valence-electron chi connectivity index (χ0n) is 25.0. The Balaban J connectivity index is 1.41. The second kappa shape index (κ2) is 13.6. The van der Waals surface area contributed by atoms with Crippen LogP contribution >= 0.6 is 11.8 Å². The molecule has 0 saturated carbocycles. The van der Waals surface area contributed by atoms with Gasteiger partial charge in [-0.2, -0.15) is 0 Å². The van der Waals surface area contributed by atoms with Gasteiger partial charge in [-0.15, -0.1) is 0 Å². The van der Waals surface area contributed by atoms with Crippen LogP contribution in [0.2, 0.25) is 5.82 Å². The summed E-state index contributed by atoms with van der Waals surface area (Å²) in [7, 11) is 0. The van der Waals surface area contributed by atoms with Crippen LogP contribution in [0.15, 0.2) is 120 Å². The van der Waals surface area contributed by atoms with Gasteiger partial charge in [0.1, 0.15) is 0 Å². The summed E-state index contributed by atoms with van der Waals surface area (Å²) in [5.41, 5.74) is 2.61. The maximum atomic E-state index is 14.4. The molecular weight excluding hydrogens is 663 g/mol. The molecule has 5 aromatic rings. The van der Waals surface area contributed by atoms with Crippen LogP contribution in [0.4, 0.5) is 11.4 Å². The Morgan fingerprint density at radius 2 is 1.50 bits per heavy atom. The summed E-state index contributed by atoms with van der Waals surface area (Å²) in [4.78, 5) is 66.0. The zero-order chi connectivity index (χ0) is 32.2. The molecule has 1 atom stereocenters. The molecule has 1 N–H and O–H groups in total. The van der Waals surface area contributed by atoms with Gasteiger partial charge in [-0.1, -0.05) is 18.2 Å². The zero-order valence-corrected chi connectivity index (χ0v) is 27.5. The number of ketones is 2. The van der Waals surface area contributed by atoms with E-state index in [4.69, 9.17) is 4.98 Å². The minimum absolute atomic E-state index is 0.141. The van der Waals surface area contributed by atoms with Crippen molar-refractivity contribution in [2.75, 3.05) is 16.0 Å². The summed E-state index contributed by atoms with van der Waals surface area (Å²) in [6, 6.07) is 29.3. The van der Waals surface area contributed by atoms with Gasteiger partial charge in [0.2, 0.25) is 0 Å². The number of hydrogen-bond donors (Lipinski definition) is 1. The van der Waals surface area contributed by atoms with Crippen molar-refractivity contribution < 1.29 is 19.2 Å².